The van der Waals surface area contributed by atoms with Crippen LogP contribution in [-0.2, 0) is 0 Å². The number of aromatic nitrogens is 2. The molecule has 1 heterocycles. The Morgan fingerprint density at radius 1 is 1.62 bits per heavy atom. The number of hydrogen-bond donors (Lipinski definition) is 3. The number of hydrogen-bond acceptors (Lipinski definition) is 5. The Hall–Kier alpha value is -1.63. The molecule has 1 fully saturated rings. The van der Waals surface area contributed by atoms with Gasteiger partial charge in [-0.25, -0.2) is 4.79 Å². The van der Waals surface area contributed by atoms with E-state index < -0.39 is 0 Å². The van der Waals surface area contributed by atoms with E-state index in [9.17, 15) is 9.90 Å². The lowest BCUT2D eigenvalue weighted by Gasteiger charge is -2.30. The van der Waals surface area contributed by atoms with Gasteiger partial charge in [0, 0.05) is 18.4 Å². The van der Waals surface area contributed by atoms with Gasteiger partial charge in [-0.15, -0.1) is 0 Å². The highest BCUT2D eigenvalue weighted by Crippen LogP contribution is 2.37. The Balaban J connectivity index is 1.94. The minimum Gasteiger partial charge on any atom is -0.396 e. The van der Waals surface area contributed by atoms with Gasteiger partial charge in [-0.3, -0.25) is 0 Å². The summed E-state index contributed by atoms with van der Waals surface area (Å²) in [6.07, 6.45) is 3.51. The summed E-state index contributed by atoms with van der Waals surface area (Å²) in [7, 11) is 0. The van der Waals surface area contributed by atoms with E-state index in [-0.39, 0.29) is 30.1 Å². The van der Waals surface area contributed by atoms with E-state index in [0.717, 1.165) is 19.3 Å². The lowest BCUT2D eigenvalue weighted by atomic mass is 9.86. The Labute approximate surface area is 124 Å². The maximum atomic E-state index is 12.2. The third-order valence-electron chi connectivity index (χ3n) is 4.32. The van der Waals surface area contributed by atoms with Gasteiger partial charge in [-0.2, -0.15) is 4.98 Å². The summed E-state index contributed by atoms with van der Waals surface area (Å²) < 4.78 is 4.95. The molecular formula is C14H24N4O3. The van der Waals surface area contributed by atoms with Crippen molar-refractivity contribution in [3.63, 3.8) is 0 Å². The number of aliphatic hydroxyl groups excluding tert-OH is 1. The second kappa shape index (κ2) is 6.43. The SMILES string of the molecule is CCC(NC(=O)NC1CCCC1(C)CO)c1noc(C)n1. The van der Waals surface area contributed by atoms with Crippen LogP contribution < -0.4 is 10.6 Å². The number of nitrogens with zero attached hydrogens (tertiary/aromatic N) is 2. The Morgan fingerprint density at radius 2 is 2.38 bits per heavy atom. The van der Waals surface area contributed by atoms with E-state index in [0.29, 0.717) is 18.1 Å². The third kappa shape index (κ3) is 3.53. The fraction of sp³-hybridized carbons (Fsp3) is 0.786. The van der Waals surface area contributed by atoms with Gasteiger partial charge in [0.25, 0.3) is 0 Å². The van der Waals surface area contributed by atoms with Gasteiger partial charge in [-0.05, 0) is 19.3 Å². The van der Waals surface area contributed by atoms with Crippen molar-refractivity contribution in [3.05, 3.63) is 11.7 Å². The molecule has 1 aromatic heterocycles. The van der Waals surface area contributed by atoms with Crippen molar-refractivity contribution in [2.45, 2.75) is 58.5 Å². The number of amides is 2. The van der Waals surface area contributed by atoms with Crippen molar-refractivity contribution in [3.8, 4) is 0 Å². The lowest BCUT2D eigenvalue weighted by molar-refractivity contribution is 0.120. The van der Waals surface area contributed by atoms with E-state index in [2.05, 4.69) is 20.8 Å². The fourth-order valence-electron chi connectivity index (χ4n) is 2.83. The summed E-state index contributed by atoms with van der Waals surface area (Å²) in [5.41, 5.74) is -0.234. The second-order valence-corrected chi connectivity index (χ2v) is 6.01. The van der Waals surface area contributed by atoms with E-state index in [1.807, 2.05) is 13.8 Å². The van der Waals surface area contributed by atoms with Crippen LogP contribution in [-0.4, -0.2) is 33.9 Å². The zero-order chi connectivity index (χ0) is 15.5. The Kier molecular flexibility index (Phi) is 4.82. The first-order valence-electron chi connectivity index (χ1n) is 7.46. The zero-order valence-electron chi connectivity index (χ0n) is 12.8. The van der Waals surface area contributed by atoms with Crippen LogP contribution in [0.2, 0.25) is 0 Å². The standard InChI is InChI=1S/C14H24N4O3/c1-4-10(12-15-9(2)21-18-12)16-13(20)17-11-6-5-7-14(11,3)8-19/h10-11,19H,4-8H2,1-3H3,(H2,16,17,20). The van der Waals surface area contributed by atoms with Gasteiger partial charge in [-0.1, -0.05) is 25.4 Å². The van der Waals surface area contributed by atoms with Crippen LogP contribution >= 0.6 is 0 Å². The van der Waals surface area contributed by atoms with Gasteiger partial charge < -0.3 is 20.3 Å². The molecule has 3 atom stereocenters. The summed E-state index contributed by atoms with van der Waals surface area (Å²) in [6, 6.07) is -0.535. The highest BCUT2D eigenvalue weighted by Gasteiger charge is 2.39. The zero-order valence-corrected chi connectivity index (χ0v) is 12.8. The monoisotopic (exact) mass is 296 g/mol. The first-order chi connectivity index (χ1) is 9.98. The summed E-state index contributed by atoms with van der Waals surface area (Å²) in [5.74, 6) is 0.968. The number of rotatable bonds is 5. The van der Waals surface area contributed by atoms with Crippen LogP contribution in [0.25, 0.3) is 0 Å². The molecular weight excluding hydrogens is 272 g/mol. The number of aliphatic hydroxyl groups is 1. The number of carbonyl (C=O) groups excluding carboxylic acids is 1. The molecule has 0 aliphatic heterocycles. The molecule has 1 saturated carbocycles. The molecule has 0 radical (unpaired) electrons. The molecule has 0 aromatic carbocycles. The molecule has 2 amide bonds. The maximum absolute atomic E-state index is 12.2. The summed E-state index contributed by atoms with van der Waals surface area (Å²) in [5, 5.41) is 19.2. The maximum Gasteiger partial charge on any atom is 0.315 e. The predicted octanol–water partition coefficient (Wildman–Crippen LogP) is 1.68. The van der Waals surface area contributed by atoms with E-state index in [1.165, 1.54) is 0 Å². The van der Waals surface area contributed by atoms with Gasteiger partial charge in [0.05, 0.1) is 12.6 Å². The average Bonchev–Trinajstić information content (AvgIpc) is 3.04. The predicted molar refractivity (Wildman–Crippen MR) is 76.6 cm³/mol. The second-order valence-electron chi connectivity index (χ2n) is 6.01. The topological polar surface area (TPSA) is 100 Å². The molecule has 1 aromatic rings. The highest BCUT2D eigenvalue weighted by atomic mass is 16.5. The average molecular weight is 296 g/mol. The first kappa shape index (κ1) is 15.8. The van der Waals surface area contributed by atoms with Crippen molar-refractivity contribution in [2.24, 2.45) is 5.41 Å². The number of carbonyl (C=O) groups is 1. The van der Waals surface area contributed by atoms with Crippen LogP contribution in [0.3, 0.4) is 0 Å². The molecule has 0 saturated heterocycles. The molecule has 7 heteroatoms. The fourth-order valence-corrected chi connectivity index (χ4v) is 2.83. The molecule has 1 aliphatic rings. The van der Waals surface area contributed by atoms with Crippen molar-refractivity contribution in [2.75, 3.05) is 6.61 Å². The van der Waals surface area contributed by atoms with Crippen molar-refractivity contribution >= 4 is 6.03 Å². The smallest absolute Gasteiger partial charge is 0.315 e. The van der Waals surface area contributed by atoms with Crippen LogP contribution in [0.5, 0.6) is 0 Å². The number of aryl methyl sites for hydroxylation is 1. The molecule has 3 N–H and O–H groups in total. The molecule has 118 valence electrons. The number of urea groups is 1. The van der Waals surface area contributed by atoms with Crippen LogP contribution in [0.4, 0.5) is 4.79 Å². The lowest BCUT2D eigenvalue weighted by Crippen LogP contribution is -2.49. The largest absolute Gasteiger partial charge is 0.396 e. The molecule has 2 rings (SSSR count). The third-order valence-corrected chi connectivity index (χ3v) is 4.32. The molecule has 0 bridgehead atoms. The minimum atomic E-state index is -0.274. The number of nitrogens with one attached hydrogen (secondary N) is 2. The van der Waals surface area contributed by atoms with Crippen LogP contribution in [0, 0.1) is 12.3 Å². The van der Waals surface area contributed by atoms with Crippen molar-refractivity contribution in [1.82, 2.24) is 20.8 Å². The van der Waals surface area contributed by atoms with E-state index in [4.69, 9.17) is 4.52 Å². The van der Waals surface area contributed by atoms with Gasteiger partial charge in [0.2, 0.25) is 5.89 Å². The molecule has 7 nitrogen and oxygen atoms in total. The molecule has 0 spiro atoms. The molecule has 21 heavy (non-hydrogen) atoms. The van der Waals surface area contributed by atoms with Crippen molar-refractivity contribution in [1.29, 1.82) is 0 Å². The first-order valence-corrected chi connectivity index (χ1v) is 7.46. The summed E-state index contributed by atoms with van der Waals surface area (Å²) in [6.45, 7) is 5.75. The van der Waals surface area contributed by atoms with Crippen LogP contribution in [0.1, 0.15) is 57.3 Å². The summed E-state index contributed by atoms with van der Waals surface area (Å²) >= 11 is 0. The highest BCUT2D eigenvalue weighted by molar-refractivity contribution is 5.74. The Bertz CT molecular complexity index is 490. The minimum absolute atomic E-state index is 0.00740. The summed E-state index contributed by atoms with van der Waals surface area (Å²) in [4.78, 5) is 16.3. The molecule has 1 aliphatic carbocycles. The quantitative estimate of drug-likeness (QED) is 0.767. The van der Waals surface area contributed by atoms with Crippen molar-refractivity contribution < 1.29 is 14.4 Å². The molecule has 3 unspecified atom stereocenters. The van der Waals surface area contributed by atoms with Gasteiger partial charge in [0.1, 0.15) is 0 Å². The Morgan fingerprint density at radius 3 is 2.95 bits per heavy atom. The normalized spacial score (nSPS) is 26.6. The van der Waals surface area contributed by atoms with E-state index in [1.54, 1.807) is 6.92 Å². The van der Waals surface area contributed by atoms with Gasteiger partial charge in [0.15, 0.2) is 5.82 Å². The van der Waals surface area contributed by atoms with Gasteiger partial charge >= 0.3 is 6.03 Å². The van der Waals surface area contributed by atoms with Crippen LogP contribution in [0.15, 0.2) is 4.52 Å². The van der Waals surface area contributed by atoms with E-state index >= 15 is 0 Å².